The highest BCUT2D eigenvalue weighted by Crippen LogP contribution is 2.35. The van der Waals surface area contributed by atoms with Crippen LogP contribution in [0.2, 0.25) is 0 Å². The van der Waals surface area contributed by atoms with Crippen LogP contribution in [0.25, 0.3) is 0 Å². The van der Waals surface area contributed by atoms with Crippen LogP contribution in [-0.2, 0) is 0 Å². The smallest absolute Gasteiger partial charge is 0.109 e. The van der Waals surface area contributed by atoms with Crippen LogP contribution in [-0.4, -0.2) is 36.1 Å². The Balaban J connectivity index is 1.97. The molecule has 1 aromatic heterocycles. The van der Waals surface area contributed by atoms with Gasteiger partial charge in [0.1, 0.15) is 5.01 Å². The molecule has 1 N–H and O–H groups in total. The number of rotatable bonds is 5. The first-order valence-electron chi connectivity index (χ1n) is 7.34. The molecule has 3 nitrogen and oxygen atoms in total. The Labute approximate surface area is 121 Å². The summed E-state index contributed by atoms with van der Waals surface area (Å²) in [6.45, 7) is 5.67. The fraction of sp³-hybridized carbons (Fsp3) is 0.800. The van der Waals surface area contributed by atoms with Gasteiger partial charge in [0.25, 0.3) is 0 Å². The standard InChI is InChI=1S/C15H27N3S/c1-12-6-5-7-15(10-12,18(3)4)11-17-13(2)14-16-8-9-19-14/h8-9,12-13,17H,5-7,10-11H2,1-4H3. The van der Waals surface area contributed by atoms with Gasteiger partial charge in [0, 0.05) is 23.7 Å². The van der Waals surface area contributed by atoms with E-state index in [-0.39, 0.29) is 0 Å². The molecule has 1 fully saturated rings. The van der Waals surface area contributed by atoms with Crippen molar-refractivity contribution in [1.29, 1.82) is 0 Å². The fourth-order valence-corrected chi connectivity index (χ4v) is 3.91. The molecule has 19 heavy (non-hydrogen) atoms. The van der Waals surface area contributed by atoms with Crippen molar-refractivity contribution < 1.29 is 0 Å². The van der Waals surface area contributed by atoms with Crippen molar-refractivity contribution in [1.82, 2.24) is 15.2 Å². The maximum atomic E-state index is 4.40. The average Bonchev–Trinajstić information content (AvgIpc) is 2.89. The van der Waals surface area contributed by atoms with Crippen LogP contribution >= 0.6 is 11.3 Å². The first-order valence-corrected chi connectivity index (χ1v) is 8.22. The molecule has 1 heterocycles. The van der Waals surface area contributed by atoms with E-state index in [1.54, 1.807) is 11.3 Å². The summed E-state index contributed by atoms with van der Waals surface area (Å²) in [5.41, 5.74) is 0.323. The van der Waals surface area contributed by atoms with Crippen LogP contribution in [0.1, 0.15) is 50.6 Å². The number of aromatic nitrogens is 1. The first-order chi connectivity index (χ1) is 9.03. The normalized spacial score (nSPS) is 29.6. The van der Waals surface area contributed by atoms with Gasteiger partial charge in [0.2, 0.25) is 0 Å². The molecule has 0 bridgehead atoms. The van der Waals surface area contributed by atoms with Crippen LogP contribution in [0.4, 0.5) is 0 Å². The second-order valence-electron chi connectivity index (χ2n) is 6.29. The fourth-order valence-electron chi connectivity index (χ4n) is 3.24. The molecule has 1 saturated carbocycles. The Morgan fingerprint density at radius 3 is 2.95 bits per heavy atom. The maximum Gasteiger partial charge on any atom is 0.109 e. The molecule has 2 rings (SSSR count). The highest BCUT2D eigenvalue weighted by Gasteiger charge is 2.36. The summed E-state index contributed by atoms with van der Waals surface area (Å²) < 4.78 is 0. The molecule has 1 aliphatic rings. The Bertz CT molecular complexity index is 377. The molecule has 0 aromatic carbocycles. The lowest BCUT2D eigenvalue weighted by Gasteiger charge is -2.46. The van der Waals surface area contributed by atoms with Gasteiger partial charge in [-0.3, -0.25) is 0 Å². The Kier molecular flexibility index (Phi) is 4.98. The molecular formula is C15H27N3S. The number of thiazole rings is 1. The van der Waals surface area contributed by atoms with Gasteiger partial charge in [-0.05, 0) is 39.8 Å². The van der Waals surface area contributed by atoms with E-state index in [4.69, 9.17) is 0 Å². The lowest BCUT2D eigenvalue weighted by atomic mass is 9.75. The lowest BCUT2D eigenvalue weighted by Crippen LogP contribution is -2.54. The monoisotopic (exact) mass is 281 g/mol. The van der Waals surface area contributed by atoms with Gasteiger partial charge in [0.05, 0.1) is 6.04 Å². The van der Waals surface area contributed by atoms with Crippen molar-refractivity contribution in [3.63, 3.8) is 0 Å². The molecule has 3 atom stereocenters. The molecule has 0 radical (unpaired) electrons. The van der Waals surface area contributed by atoms with E-state index in [2.05, 4.69) is 48.5 Å². The van der Waals surface area contributed by atoms with E-state index in [1.165, 1.54) is 30.7 Å². The summed E-state index contributed by atoms with van der Waals surface area (Å²) >= 11 is 1.74. The summed E-state index contributed by atoms with van der Waals surface area (Å²) in [5.74, 6) is 0.841. The van der Waals surface area contributed by atoms with E-state index in [9.17, 15) is 0 Å². The van der Waals surface area contributed by atoms with Gasteiger partial charge in [-0.15, -0.1) is 11.3 Å². The Hall–Kier alpha value is -0.450. The van der Waals surface area contributed by atoms with Crippen molar-refractivity contribution in [2.75, 3.05) is 20.6 Å². The predicted octanol–water partition coefficient (Wildman–Crippen LogP) is 3.30. The highest BCUT2D eigenvalue weighted by molar-refractivity contribution is 7.09. The van der Waals surface area contributed by atoms with Crippen molar-refractivity contribution in [3.8, 4) is 0 Å². The van der Waals surface area contributed by atoms with Gasteiger partial charge >= 0.3 is 0 Å². The zero-order valence-electron chi connectivity index (χ0n) is 12.6. The minimum absolute atomic E-state index is 0.323. The van der Waals surface area contributed by atoms with E-state index >= 15 is 0 Å². The minimum Gasteiger partial charge on any atom is -0.306 e. The van der Waals surface area contributed by atoms with Gasteiger partial charge in [-0.1, -0.05) is 19.8 Å². The van der Waals surface area contributed by atoms with Gasteiger partial charge in [0.15, 0.2) is 0 Å². The van der Waals surface area contributed by atoms with Crippen molar-refractivity contribution in [3.05, 3.63) is 16.6 Å². The summed E-state index contributed by atoms with van der Waals surface area (Å²) in [7, 11) is 4.46. The van der Waals surface area contributed by atoms with Crippen molar-refractivity contribution in [2.24, 2.45) is 5.92 Å². The van der Waals surface area contributed by atoms with Gasteiger partial charge in [-0.25, -0.2) is 4.98 Å². The van der Waals surface area contributed by atoms with Gasteiger partial charge in [-0.2, -0.15) is 0 Å². The van der Waals surface area contributed by atoms with Crippen LogP contribution in [0, 0.1) is 5.92 Å². The molecule has 0 spiro atoms. The average molecular weight is 281 g/mol. The van der Waals surface area contributed by atoms with E-state index in [0.29, 0.717) is 11.6 Å². The third kappa shape index (κ3) is 3.56. The van der Waals surface area contributed by atoms with Crippen LogP contribution in [0.5, 0.6) is 0 Å². The molecule has 0 amide bonds. The predicted molar refractivity (Wildman–Crippen MR) is 82.6 cm³/mol. The summed E-state index contributed by atoms with van der Waals surface area (Å²) in [6, 6.07) is 0.356. The summed E-state index contributed by atoms with van der Waals surface area (Å²) in [4.78, 5) is 6.84. The first kappa shape index (κ1) is 14.9. The number of nitrogens with one attached hydrogen (secondary N) is 1. The van der Waals surface area contributed by atoms with Crippen molar-refractivity contribution >= 4 is 11.3 Å². The molecule has 0 aliphatic heterocycles. The van der Waals surface area contributed by atoms with Crippen LogP contribution in [0.3, 0.4) is 0 Å². The summed E-state index contributed by atoms with van der Waals surface area (Å²) in [6.07, 6.45) is 7.24. The van der Waals surface area contributed by atoms with E-state index < -0.39 is 0 Å². The molecule has 108 valence electrons. The van der Waals surface area contributed by atoms with E-state index in [1.807, 2.05) is 6.20 Å². The Morgan fingerprint density at radius 1 is 1.58 bits per heavy atom. The summed E-state index contributed by atoms with van der Waals surface area (Å²) in [5, 5.41) is 6.95. The third-order valence-electron chi connectivity index (χ3n) is 4.58. The zero-order chi connectivity index (χ0) is 13.9. The second kappa shape index (κ2) is 6.33. The number of nitrogens with zero attached hydrogens (tertiary/aromatic N) is 2. The van der Waals surface area contributed by atoms with Crippen molar-refractivity contribution in [2.45, 2.75) is 51.1 Å². The topological polar surface area (TPSA) is 28.2 Å². The van der Waals surface area contributed by atoms with Crippen LogP contribution < -0.4 is 5.32 Å². The minimum atomic E-state index is 0.323. The second-order valence-corrected chi connectivity index (χ2v) is 7.22. The molecule has 1 aromatic rings. The Morgan fingerprint density at radius 2 is 2.37 bits per heavy atom. The highest BCUT2D eigenvalue weighted by atomic mass is 32.1. The number of hydrogen-bond acceptors (Lipinski definition) is 4. The zero-order valence-corrected chi connectivity index (χ0v) is 13.5. The molecule has 0 saturated heterocycles. The number of hydrogen-bond donors (Lipinski definition) is 1. The number of likely N-dealkylation sites (N-methyl/N-ethyl adjacent to an activating group) is 1. The molecule has 3 unspecified atom stereocenters. The SMILES string of the molecule is CC1CCCC(CNC(C)c2nccs2)(N(C)C)C1. The maximum absolute atomic E-state index is 4.40. The largest absolute Gasteiger partial charge is 0.306 e. The lowest BCUT2D eigenvalue weighted by molar-refractivity contribution is 0.0728. The van der Waals surface area contributed by atoms with Crippen LogP contribution in [0.15, 0.2) is 11.6 Å². The third-order valence-corrected chi connectivity index (χ3v) is 5.53. The quantitative estimate of drug-likeness (QED) is 0.897. The van der Waals surface area contributed by atoms with E-state index in [0.717, 1.165) is 12.5 Å². The molecule has 1 aliphatic carbocycles. The molecular weight excluding hydrogens is 254 g/mol. The van der Waals surface area contributed by atoms with Gasteiger partial charge < -0.3 is 10.2 Å². The molecule has 4 heteroatoms.